The number of ether oxygens (including phenoxy) is 1. The second kappa shape index (κ2) is 5.05. The Morgan fingerprint density at radius 2 is 2.15 bits per heavy atom. The molecule has 3 rings (SSSR count). The van der Waals surface area contributed by atoms with Gasteiger partial charge < -0.3 is 14.4 Å². The van der Waals surface area contributed by atoms with Crippen LogP contribution in [0.4, 0.5) is 0 Å². The van der Waals surface area contributed by atoms with Crippen molar-refractivity contribution in [1.82, 2.24) is 4.57 Å². The van der Waals surface area contributed by atoms with E-state index in [4.69, 9.17) is 9.84 Å². The van der Waals surface area contributed by atoms with Crippen LogP contribution >= 0.6 is 0 Å². The monoisotopic (exact) mass is 277 g/mol. The predicted molar refractivity (Wildman–Crippen MR) is 73.0 cm³/mol. The normalized spacial score (nSPS) is 24.3. The average Bonchev–Trinajstić information content (AvgIpc) is 3.03. The Morgan fingerprint density at radius 1 is 1.40 bits per heavy atom. The lowest BCUT2D eigenvalue weighted by atomic mass is 9.98. The second-order valence-corrected chi connectivity index (χ2v) is 5.85. The zero-order valence-corrected chi connectivity index (χ0v) is 11.4. The SMILES string of the molecule is O=C(O)c1cccn(CC2CCC3(CCCC3)O2)c1=O. The molecule has 2 heterocycles. The Hall–Kier alpha value is -1.62. The molecule has 20 heavy (non-hydrogen) atoms. The molecule has 0 radical (unpaired) electrons. The number of carboxylic acid groups (broad SMARTS) is 1. The van der Waals surface area contributed by atoms with Gasteiger partial charge in [-0.15, -0.1) is 0 Å². The number of hydrogen-bond acceptors (Lipinski definition) is 3. The van der Waals surface area contributed by atoms with Crippen molar-refractivity contribution in [3.63, 3.8) is 0 Å². The zero-order valence-electron chi connectivity index (χ0n) is 11.4. The standard InChI is InChI=1S/C15H19NO4/c17-13-12(14(18)19)4-3-9-16(13)10-11-5-8-15(20-11)6-1-2-7-15/h3-4,9,11H,1-2,5-8,10H2,(H,18,19). The molecule has 1 saturated carbocycles. The Bertz CT molecular complexity index is 571. The molecule has 108 valence electrons. The highest BCUT2D eigenvalue weighted by Gasteiger charge is 2.42. The van der Waals surface area contributed by atoms with Gasteiger partial charge in [0.05, 0.1) is 18.2 Å². The van der Waals surface area contributed by atoms with Crippen LogP contribution in [0.25, 0.3) is 0 Å². The highest BCUT2D eigenvalue weighted by molar-refractivity contribution is 5.86. The van der Waals surface area contributed by atoms with Gasteiger partial charge in [-0.3, -0.25) is 4.79 Å². The number of carboxylic acids is 1. The van der Waals surface area contributed by atoms with Crippen LogP contribution in [0.5, 0.6) is 0 Å². The number of carbonyl (C=O) groups is 1. The third-order valence-electron chi connectivity index (χ3n) is 4.50. The summed E-state index contributed by atoms with van der Waals surface area (Å²) < 4.78 is 7.62. The first kappa shape index (κ1) is 13.4. The van der Waals surface area contributed by atoms with E-state index in [1.165, 1.54) is 23.5 Å². The van der Waals surface area contributed by atoms with E-state index in [0.29, 0.717) is 6.54 Å². The summed E-state index contributed by atoms with van der Waals surface area (Å²) in [5.74, 6) is -1.18. The number of hydrogen-bond donors (Lipinski definition) is 1. The van der Waals surface area contributed by atoms with Crippen LogP contribution in [0.3, 0.4) is 0 Å². The maximum atomic E-state index is 12.0. The summed E-state index contributed by atoms with van der Waals surface area (Å²) in [6.07, 6.45) is 8.35. The van der Waals surface area contributed by atoms with Crippen molar-refractivity contribution in [3.8, 4) is 0 Å². The van der Waals surface area contributed by atoms with Crippen molar-refractivity contribution in [2.75, 3.05) is 0 Å². The highest BCUT2D eigenvalue weighted by atomic mass is 16.5. The van der Waals surface area contributed by atoms with Crippen LogP contribution in [-0.2, 0) is 11.3 Å². The van der Waals surface area contributed by atoms with E-state index in [0.717, 1.165) is 25.7 Å². The van der Waals surface area contributed by atoms with Crippen LogP contribution in [0, 0.1) is 0 Å². The number of aromatic nitrogens is 1. The summed E-state index contributed by atoms with van der Waals surface area (Å²) >= 11 is 0. The topological polar surface area (TPSA) is 68.5 Å². The van der Waals surface area contributed by atoms with Crippen molar-refractivity contribution in [1.29, 1.82) is 0 Å². The smallest absolute Gasteiger partial charge is 0.341 e. The molecular weight excluding hydrogens is 258 g/mol. The first-order valence-corrected chi connectivity index (χ1v) is 7.20. The van der Waals surface area contributed by atoms with Crippen LogP contribution in [-0.4, -0.2) is 27.3 Å². The van der Waals surface area contributed by atoms with Gasteiger partial charge in [0.1, 0.15) is 5.56 Å². The Morgan fingerprint density at radius 3 is 2.85 bits per heavy atom. The van der Waals surface area contributed by atoms with Gasteiger partial charge in [0.25, 0.3) is 5.56 Å². The van der Waals surface area contributed by atoms with Crippen molar-refractivity contribution in [2.24, 2.45) is 0 Å². The Labute approximate surface area is 117 Å². The fourth-order valence-electron chi connectivity index (χ4n) is 3.47. The maximum absolute atomic E-state index is 12.0. The van der Waals surface area contributed by atoms with Crippen molar-refractivity contribution < 1.29 is 14.6 Å². The van der Waals surface area contributed by atoms with Crippen LogP contribution in [0.15, 0.2) is 23.1 Å². The van der Waals surface area contributed by atoms with Crippen molar-refractivity contribution >= 4 is 5.97 Å². The quantitative estimate of drug-likeness (QED) is 0.918. The minimum Gasteiger partial charge on any atom is -0.477 e. The fourth-order valence-corrected chi connectivity index (χ4v) is 3.47. The predicted octanol–water partition coefficient (Wildman–Crippen LogP) is 2.04. The van der Waals surface area contributed by atoms with Gasteiger partial charge in [-0.25, -0.2) is 4.79 Å². The molecule has 1 saturated heterocycles. The van der Waals surface area contributed by atoms with E-state index in [1.807, 2.05) is 0 Å². The molecule has 5 heteroatoms. The molecule has 1 aromatic heterocycles. The van der Waals surface area contributed by atoms with Gasteiger partial charge >= 0.3 is 5.97 Å². The largest absolute Gasteiger partial charge is 0.477 e. The first-order valence-electron chi connectivity index (χ1n) is 7.20. The summed E-state index contributed by atoms with van der Waals surface area (Å²) in [5.41, 5.74) is -0.587. The molecule has 1 spiro atoms. The zero-order chi connectivity index (χ0) is 14.2. The van der Waals surface area contributed by atoms with Crippen molar-refractivity contribution in [3.05, 3.63) is 34.2 Å². The van der Waals surface area contributed by atoms with Crippen LogP contribution in [0.2, 0.25) is 0 Å². The van der Waals surface area contributed by atoms with E-state index in [9.17, 15) is 9.59 Å². The maximum Gasteiger partial charge on any atom is 0.341 e. The lowest BCUT2D eigenvalue weighted by molar-refractivity contribution is -0.0421. The van der Waals surface area contributed by atoms with E-state index in [1.54, 1.807) is 12.3 Å². The van der Waals surface area contributed by atoms with Crippen LogP contribution in [0.1, 0.15) is 48.9 Å². The second-order valence-electron chi connectivity index (χ2n) is 5.85. The number of pyridine rings is 1. The van der Waals surface area contributed by atoms with Gasteiger partial charge in [0.2, 0.25) is 0 Å². The summed E-state index contributed by atoms with van der Waals surface area (Å²) in [7, 11) is 0. The summed E-state index contributed by atoms with van der Waals surface area (Å²) in [6, 6.07) is 2.94. The molecule has 1 aliphatic heterocycles. The molecule has 1 N–H and O–H groups in total. The molecule has 1 aliphatic carbocycles. The molecule has 5 nitrogen and oxygen atoms in total. The third-order valence-corrected chi connectivity index (χ3v) is 4.50. The Balaban J connectivity index is 1.74. The average molecular weight is 277 g/mol. The van der Waals surface area contributed by atoms with E-state index in [2.05, 4.69) is 0 Å². The van der Waals surface area contributed by atoms with E-state index >= 15 is 0 Å². The molecular formula is C15H19NO4. The lowest BCUT2D eigenvalue weighted by Gasteiger charge is -2.24. The highest BCUT2D eigenvalue weighted by Crippen LogP contribution is 2.43. The molecule has 1 unspecified atom stereocenters. The van der Waals surface area contributed by atoms with Gasteiger partial charge in [-0.05, 0) is 37.8 Å². The number of nitrogens with zero attached hydrogens (tertiary/aromatic N) is 1. The van der Waals surface area contributed by atoms with Gasteiger partial charge in [-0.1, -0.05) is 12.8 Å². The summed E-state index contributed by atoms with van der Waals surface area (Å²) in [4.78, 5) is 23.0. The lowest BCUT2D eigenvalue weighted by Crippen LogP contribution is -2.32. The van der Waals surface area contributed by atoms with E-state index in [-0.39, 0.29) is 17.3 Å². The van der Waals surface area contributed by atoms with Gasteiger partial charge in [0.15, 0.2) is 0 Å². The summed E-state index contributed by atoms with van der Waals surface area (Å²) in [6.45, 7) is 0.446. The molecule has 1 atom stereocenters. The number of aromatic carboxylic acids is 1. The summed E-state index contributed by atoms with van der Waals surface area (Å²) in [5, 5.41) is 8.97. The van der Waals surface area contributed by atoms with Crippen LogP contribution < -0.4 is 5.56 Å². The first-order chi connectivity index (χ1) is 9.60. The molecule has 2 fully saturated rings. The molecule has 2 aliphatic rings. The molecule has 1 aromatic rings. The molecule has 0 bridgehead atoms. The fraction of sp³-hybridized carbons (Fsp3) is 0.600. The minimum atomic E-state index is -1.18. The minimum absolute atomic E-state index is 0.0230. The third kappa shape index (κ3) is 2.38. The van der Waals surface area contributed by atoms with Gasteiger partial charge in [-0.2, -0.15) is 0 Å². The molecule has 0 amide bonds. The molecule has 0 aromatic carbocycles. The Kier molecular flexibility index (Phi) is 3.38. The van der Waals surface area contributed by atoms with Gasteiger partial charge in [0, 0.05) is 6.20 Å². The van der Waals surface area contributed by atoms with Crippen molar-refractivity contribution in [2.45, 2.75) is 56.8 Å². The number of rotatable bonds is 3. The van der Waals surface area contributed by atoms with E-state index < -0.39 is 11.5 Å².